The fourth-order valence-electron chi connectivity index (χ4n) is 2.24. The first-order valence-corrected chi connectivity index (χ1v) is 7.64. The number of hydrazone groups is 1. The largest absolute Gasteiger partial charge is 0.278 e. The van der Waals surface area contributed by atoms with Gasteiger partial charge in [-0.3, -0.25) is 14.9 Å². The van der Waals surface area contributed by atoms with E-state index >= 15 is 0 Å². The van der Waals surface area contributed by atoms with Gasteiger partial charge in [-0.1, -0.05) is 47.7 Å². The van der Waals surface area contributed by atoms with Gasteiger partial charge >= 0.3 is 0 Å². The number of hydrogen-bond acceptors (Lipinski definition) is 6. The summed E-state index contributed by atoms with van der Waals surface area (Å²) in [5.41, 5.74) is 4.07. The van der Waals surface area contributed by atoms with Crippen LogP contribution in [0.4, 0.5) is 5.69 Å². The molecular weight excluding hydrogens is 336 g/mol. The van der Waals surface area contributed by atoms with Gasteiger partial charge in [-0.05, 0) is 6.07 Å². The fourth-order valence-corrected chi connectivity index (χ4v) is 2.24. The van der Waals surface area contributed by atoms with E-state index in [1.165, 1.54) is 23.0 Å². The maximum atomic E-state index is 11.9. The zero-order chi connectivity index (χ0) is 18.4. The number of aromatic nitrogens is 3. The van der Waals surface area contributed by atoms with Crippen molar-refractivity contribution in [3.05, 3.63) is 76.5 Å². The van der Waals surface area contributed by atoms with Crippen LogP contribution in [0.25, 0.3) is 11.3 Å². The van der Waals surface area contributed by atoms with E-state index in [1.807, 2.05) is 30.3 Å². The number of carbonyl (C=O) groups excluding carboxylic acids is 1. The van der Waals surface area contributed by atoms with Crippen molar-refractivity contribution in [1.29, 1.82) is 0 Å². The molecule has 1 aromatic heterocycles. The number of carbonyl (C=O) groups is 1. The SMILES string of the molecule is O=C(Cn1cc(-c2ccccc2)nn1)NN=Cc1ccccc1[N+](=O)[O-]. The van der Waals surface area contributed by atoms with E-state index in [-0.39, 0.29) is 12.2 Å². The van der Waals surface area contributed by atoms with Crippen LogP contribution in [0.3, 0.4) is 0 Å². The number of para-hydroxylation sites is 1. The van der Waals surface area contributed by atoms with Crippen molar-refractivity contribution in [3.63, 3.8) is 0 Å². The second kappa shape index (κ2) is 7.79. The summed E-state index contributed by atoms with van der Waals surface area (Å²) in [4.78, 5) is 22.3. The van der Waals surface area contributed by atoms with E-state index in [2.05, 4.69) is 20.8 Å². The summed E-state index contributed by atoms with van der Waals surface area (Å²) in [6, 6.07) is 15.6. The van der Waals surface area contributed by atoms with E-state index < -0.39 is 10.8 Å². The number of nitrogens with one attached hydrogen (secondary N) is 1. The Bertz CT molecular complexity index is 952. The number of amides is 1. The molecule has 0 bridgehead atoms. The lowest BCUT2D eigenvalue weighted by molar-refractivity contribution is -0.385. The number of rotatable bonds is 6. The van der Waals surface area contributed by atoms with Gasteiger partial charge < -0.3 is 0 Å². The van der Waals surface area contributed by atoms with E-state index in [9.17, 15) is 14.9 Å². The predicted molar refractivity (Wildman–Crippen MR) is 94.3 cm³/mol. The molecule has 0 aliphatic carbocycles. The molecule has 1 heterocycles. The minimum absolute atomic E-state index is 0.0753. The van der Waals surface area contributed by atoms with Gasteiger partial charge in [0.25, 0.3) is 11.6 Å². The molecule has 0 saturated carbocycles. The Morgan fingerprint density at radius 2 is 1.92 bits per heavy atom. The summed E-state index contributed by atoms with van der Waals surface area (Å²) in [5, 5.41) is 22.6. The molecule has 0 atom stereocenters. The van der Waals surface area contributed by atoms with E-state index in [0.29, 0.717) is 11.3 Å². The Labute approximate surface area is 148 Å². The van der Waals surface area contributed by atoms with Gasteiger partial charge in [0.2, 0.25) is 0 Å². The Balaban J connectivity index is 1.60. The zero-order valence-electron chi connectivity index (χ0n) is 13.5. The summed E-state index contributed by atoms with van der Waals surface area (Å²) in [5.74, 6) is -0.427. The third-order valence-corrected chi connectivity index (χ3v) is 3.44. The number of nitro benzene ring substituents is 1. The summed E-state index contributed by atoms with van der Waals surface area (Å²) in [6.45, 7) is -0.0753. The molecule has 0 radical (unpaired) electrons. The van der Waals surface area contributed by atoms with Crippen LogP contribution in [0.2, 0.25) is 0 Å². The molecule has 0 fully saturated rings. The number of nitrogens with zero attached hydrogens (tertiary/aromatic N) is 5. The van der Waals surface area contributed by atoms with Gasteiger partial charge in [-0.15, -0.1) is 5.10 Å². The minimum atomic E-state index is -0.510. The molecule has 1 amide bonds. The van der Waals surface area contributed by atoms with Crippen molar-refractivity contribution < 1.29 is 9.72 Å². The Morgan fingerprint density at radius 3 is 2.69 bits per heavy atom. The number of nitro groups is 1. The molecule has 0 unspecified atom stereocenters. The molecule has 0 spiro atoms. The highest BCUT2D eigenvalue weighted by atomic mass is 16.6. The van der Waals surface area contributed by atoms with Gasteiger partial charge in [0.05, 0.1) is 22.9 Å². The quantitative estimate of drug-likeness (QED) is 0.415. The second-order valence-electron chi connectivity index (χ2n) is 5.28. The third kappa shape index (κ3) is 4.15. The number of hydrogen-bond donors (Lipinski definition) is 1. The monoisotopic (exact) mass is 350 g/mol. The van der Waals surface area contributed by atoms with Gasteiger partial charge in [-0.25, -0.2) is 10.1 Å². The molecule has 9 heteroatoms. The molecule has 3 rings (SSSR count). The maximum absolute atomic E-state index is 11.9. The van der Waals surface area contributed by atoms with Crippen molar-refractivity contribution in [1.82, 2.24) is 20.4 Å². The average Bonchev–Trinajstić information content (AvgIpc) is 3.11. The molecule has 0 aliphatic heterocycles. The second-order valence-corrected chi connectivity index (χ2v) is 5.28. The molecule has 2 aromatic carbocycles. The predicted octanol–water partition coefficient (Wildman–Crippen LogP) is 2.00. The average molecular weight is 350 g/mol. The summed E-state index contributed by atoms with van der Waals surface area (Å²) < 4.78 is 1.39. The topological polar surface area (TPSA) is 115 Å². The molecule has 26 heavy (non-hydrogen) atoms. The lowest BCUT2D eigenvalue weighted by Gasteiger charge is -1.99. The highest BCUT2D eigenvalue weighted by Crippen LogP contribution is 2.15. The van der Waals surface area contributed by atoms with Gasteiger partial charge in [0.1, 0.15) is 12.2 Å². The summed E-state index contributed by atoms with van der Waals surface area (Å²) >= 11 is 0. The molecule has 1 N–H and O–H groups in total. The first kappa shape index (κ1) is 17.0. The van der Waals surface area contributed by atoms with Crippen LogP contribution >= 0.6 is 0 Å². The van der Waals surface area contributed by atoms with Crippen LogP contribution in [0, 0.1) is 10.1 Å². The highest BCUT2D eigenvalue weighted by Gasteiger charge is 2.10. The molecule has 3 aromatic rings. The van der Waals surface area contributed by atoms with Crippen molar-refractivity contribution >= 4 is 17.8 Å². The van der Waals surface area contributed by atoms with E-state index in [4.69, 9.17) is 0 Å². The maximum Gasteiger partial charge on any atom is 0.278 e. The van der Waals surface area contributed by atoms with Crippen LogP contribution in [0.5, 0.6) is 0 Å². The molecule has 9 nitrogen and oxygen atoms in total. The summed E-state index contributed by atoms with van der Waals surface area (Å²) in [6.07, 6.45) is 2.88. The van der Waals surface area contributed by atoms with Crippen molar-refractivity contribution in [2.75, 3.05) is 0 Å². The Kier molecular flexibility index (Phi) is 5.08. The molecule has 0 saturated heterocycles. The third-order valence-electron chi connectivity index (χ3n) is 3.44. The number of benzene rings is 2. The minimum Gasteiger partial charge on any atom is -0.271 e. The van der Waals surface area contributed by atoms with E-state index in [1.54, 1.807) is 18.3 Å². The Hall–Kier alpha value is -3.88. The van der Waals surface area contributed by atoms with Gasteiger partial charge in [0, 0.05) is 11.6 Å². The lowest BCUT2D eigenvalue weighted by atomic mass is 10.2. The zero-order valence-corrected chi connectivity index (χ0v) is 13.5. The van der Waals surface area contributed by atoms with Crippen LogP contribution in [0.1, 0.15) is 5.56 Å². The van der Waals surface area contributed by atoms with Crippen LogP contribution in [0.15, 0.2) is 65.9 Å². The normalized spacial score (nSPS) is 10.8. The Morgan fingerprint density at radius 1 is 1.19 bits per heavy atom. The standard InChI is InChI=1S/C17H14N6O3/c24-17(20-18-10-14-8-4-5-9-16(14)23(25)26)12-22-11-15(19-21-22)13-6-2-1-3-7-13/h1-11H,12H2,(H,20,24). The van der Waals surface area contributed by atoms with E-state index in [0.717, 1.165) is 5.56 Å². The highest BCUT2D eigenvalue weighted by molar-refractivity contribution is 5.86. The van der Waals surface area contributed by atoms with Crippen LogP contribution in [-0.4, -0.2) is 32.0 Å². The van der Waals surface area contributed by atoms with Crippen molar-refractivity contribution in [3.8, 4) is 11.3 Å². The first-order valence-electron chi connectivity index (χ1n) is 7.64. The first-order chi connectivity index (χ1) is 12.6. The van der Waals surface area contributed by atoms with Gasteiger partial charge in [-0.2, -0.15) is 5.10 Å². The van der Waals surface area contributed by atoms with Gasteiger partial charge in [0.15, 0.2) is 0 Å². The molecular formula is C17H14N6O3. The molecule has 0 aliphatic rings. The fraction of sp³-hybridized carbons (Fsp3) is 0.0588. The van der Waals surface area contributed by atoms with Crippen LogP contribution < -0.4 is 5.43 Å². The van der Waals surface area contributed by atoms with Crippen molar-refractivity contribution in [2.24, 2.45) is 5.10 Å². The summed E-state index contributed by atoms with van der Waals surface area (Å²) in [7, 11) is 0. The van der Waals surface area contributed by atoms with Crippen LogP contribution in [-0.2, 0) is 11.3 Å². The van der Waals surface area contributed by atoms with Crippen molar-refractivity contribution in [2.45, 2.75) is 6.54 Å². The smallest absolute Gasteiger partial charge is 0.271 e. The molecule has 130 valence electrons. The lowest BCUT2D eigenvalue weighted by Crippen LogP contribution is -2.23.